The fraction of sp³-hybridized carbons (Fsp3) is 0.192. The standard InChI is InChI=1S/C26H23N3O5S/c1-4-12-28-23(31)21-11-8-18(13-22(21)24(28)32)25(33)34-14-19-15-35-26(27-19)29(16(3)30)20-9-6-17(5-2)7-10-20/h4,6-11,13,15H,1,5,12,14H2,2-3H3. The summed E-state index contributed by atoms with van der Waals surface area (Å²) in [6.07, 6.45) is 2.36. The van der Waals surface area contributed by atoms with Crippen molar-refractivity contribution >= 4 is 45.8 Å². The highest BCUT2D eigenvalue weighted by Gasteiger charge is 2.35. The van der Waals surface area contributed by atoms with Crippen LogP contribution < -0.4 is 4.90 Å². The number of ether oxygens (including phenoxy) is 1. The average Bonchev–Trinajstić information content (AvgIpc) is 3.41. The molecule has 0 fully saturated rings. The molecule has 0 N–H and O–H groups in total. The van der Waals surface area contributed by atoms with Crippen molar-refractivity contribution in [3.63, 3.8) is 0 Å². The number of hydrogen-bond donors (Lipinski definition) is 0. The Kier molecular flexibility index (Phi) is 6.88. The second-order valence-corrected chi connectivity index (χ2v) is 8.68. The monoisotopic (exact) mass is 489 g/mol. The van der Waals surface area contributed by atoms with Gasteiger partial charge in [-0.1, -0.05) is 25.1 Å². The maximum absolute atomic E-state index is 12.6. The Morgan fingerprint density at radius 3 is 2.49 bits per heavy atom. The zero-order valence-electron chi connectivity index (χ0n) is 19.3. The van der Waals surface area contributed by atoms with Gasteiger partial charge in [0.1, 0.15) is 6.61 Å². The molecule has 4 rings (SSSR count). The number of imide groups is 1. The number of hydrogen-bond acceptors (Lipinski definition) is 7. The maximum atomic E-state index is 12.6. The summed E-state index contributed by atoms with van der Waals surface area (Å²) in [5.74, 6) is -1.72. The van der Waals surface area contributed by atoms with Crippen molar-refractivity contribution in [3.8, 4) is 0 Å². The highest BCUT2D eigenvalue weighted by atomic mass is 32.1. The third-order valence-corrected chi connectivity index (χ3v) is 6.39. The van der Waals surface area contributed by atoms with Crippen LogP contribution in [0.2, 0.25) is 0 Å². The highest BCUT2D eigenvalue weighted by Crippen LogP contribution is 2.30. The predicted molar refractivity (Wildman–Crippen MR) is 132 cm³/mol. The summed E-state index contributed by atoms with van der Waals surface area (Å²) in [5, 5.41) is 2.19. The number of fused-ring (bicyclic) bond motifs is 1. The lowest BCUT2D eigenvalue weighted by atomic mass is 10.1. The van der Waals surface area contributed by atoms with Crippen LogP contribution in [0, 0.1) is 0 Å². The molecule has 3 amide bonds. The Balaban J connectivity index is 1.46. The number of nitrogens with zero attached hydrogens (tertiary/aromatic N) is 3. The molecule has 35 heavy (non-hydrogen) atoms. The molecular weight excluding hydrogens is 466 g/mol. The molecule has 3 aromatic rings. The molecule has 1 aliphatic rings. The van der Waals surface area contributed by atoms with Gasteiger partial charge < -0.3 is 4.74 Å². The molecule has 0 spiro atoms. The van der Waals surface area contributed by atoms with Gasteiger partial charge in [0.05, 0.1) is 28.1 Å². The number of anilines is 2. The fourth-order valence-corrected chi connectivity index (χ4v) is 4.58. The Labute approximate surface area is 206 Å². The number of aromatic nitrogens is 1. The SMILES string of the molecule is C=CCN1C(=O)c2ccc(C(=O)OCc3csc(N(C(C)=O)c4ccc(CC)cc4)n3)cc2C1=O. The summed E-state index contributed by atoms with van der Waals surface area (Å²) in [5.41, 5.74) is 2.91. The molecule has 0 bridgehead atoms. The molecule has 0 saturated heterocycles. The first-order valence-corrected chi connectivity index (χ1v) is 11.8. The van der Waals surface area contributed by atoms with E-state index in [1.165, 1.54) is 47.4 Å². The van der Waals surface area contributed by atoms with E-state index in [0.717, 1.165) is 16.9 Å². The third-order valence-electron chi connectivity index (χ3n) is 5.52. The van der Waals surface area contributed by atoms with Crippen LogP contribution in [-0.2, 0) is 22.6 Å². The smallest absolute Gasteiger partial charge is 0.338 e. The number of carbonyl (C=O) groups is 4. The normalized spacial score (nSPS) is 12.5. The van der Waals surface area contributed by atoms with Gasteiger partial charge in [-0.2, -0.15) is 0 Å². The molecule has 0 atom stereocenters. The number of esters is 1. The van der Waals surface area contributed by atoms with Crippen LogP contribution >= 0.6 is 11.3 Å². The van der Waals surface area contributed by atoms with E-state index in [1.807, 2.05) is 24.3 Å². The van der Waals surface area contributed by atoms with E-state index < -0.39 is 17.8 Å². The van der Waals surface area contributed by atoms with Crippen molar-refractivity contribution < 1.29 is 23.9 Å². The van der Waals surface area contributed by atoms with Gasteiger partial charge in [-0.3, -0.25) is 24.2 Å². The number of rotatable bonds is 8. The van der Waals surface area contributed by atoms with Gasteiger partial charge in [0.2, 0.25) is 5.91 Å². The molecule has 2 aromatic carbocycles. The van der Waals surface area contributed by atoms with Crippen LogP contribution in [0.3, 0.4) is 0 Å². The topological polar surface area (TPSA) is 96.9 Å². The van der Waals surface area contributed by atoms with Gasteiger partial charge in [0, 0.05) is 18.8 Å². The molecule has 178 valence electrons. The van der Waals surface area contributed by atoms with Crippen molar-refractivity contribution in [1.82, 2.24) is 9.88 Å². The molecule has 0 saturated carbocycles. The van der Waals surface area contributed by atoms with E-state index >= 15 is 0 Å². The van der Waals surface area contributed by atoms with Gasteiger partial charge in [0.15, 0.2) is 5.13 Å². The van der Waals surface area contributed by atoms with Crippen molar-refractivity contribution in [3.05, 3.63) is 88.4 Å². The molecule has 1 aromatic heterocycles. The second-order valence-electron chi connectivity index (χ2n) is 7.84. The Morgan fingerprint density at radius 2 is 1.83 bits per heavy atom. The zero-order valence-corrected chi connectivity index (χ0v) is 20.1. The molecule has 8 nitrogen and oxygen atoms in total. The van der Waals surface area contributed by atoms with E-state index in [0.29, 0.717) is 16.5 Å². The minimum absolute atomic E-state index is 0.0955. The quantitative estimate of drug-likeness (QED) is 0.262. The molecule has 2 heterocycles. The van der Waals surface area contributed by atoms with Crippen LogP contribution in [-0.4, -0.2) is 40.1 Å². The predicted octanol–water partition coefficient (Wildman–Crippen LogP) is 4.53. The van der Waals surface area contributed by atoms with Crippen LogP contribution in [0.1, 0.15) is 56.2 Å². The Bertz CT molecular complexity index is 1330. The molecule has 1 aliphatic heterocycles. The summed E-state index contributed by atoms with van der Waals surface area (Å²) < 4.78 is 5.38. The zero-order chi connectivity index (χ0) is 25.1. The summed E-state index contributed by atoms with van der Waals surface area (Å²) in [6, 6.07) is 11.9. The summed E-state index contributed by atoms with van der Waals surface area (Å²) >= 11 is 1.27. The fourth-order valence-electron chi connectivity index (χ4n) is 3.71. The minimum Gasteiger partial charge on any atom is -0.456 e. The minimum atomic E-state index is -0.650. The summed E-state index contributed by atoms with van der Waals surface area (Å²) in [6.45, 7) is 7.06. The maximum Gasteiger partial charge on any atom is 0.338 e. The van der Waals surface area contributed by atoms with Gasteiger partial charge in [-0.25, -0.2) is 9.78 Å². The first-order chi connectivity index (χ1) is 16.8. The van der Waals surface area contributed by atoms with E-state index in [9.17, 15) is 19.2 Å². The summed E-state index contributed by atoms with van der Waals surface area (Å²) in [4.78, 5) is 56.8. The molecule has 0 aliphatic carbocycles. The van der Waals surface area contributed by atoms with Gasteiger partial charge in [0.25, 0.3) is 11.8 Å². The third kappa shape index (κ3) is 4.76. The van der Waals surface area contributed by atoms with Crippen molar-refractivity contribution in [2.45, 2.75) is 26.9 Å². The lowest BCUT2D eigenvalue weighted by Gasteiger charge is -2.18. The van der Waals surface area contributed by atoms with Crippen molar-refractivity contribution in [2.75, 3.05) is 11.4 Å². The van der Waals surface area contributed by atoms with E-state index in [2.05, 4.69) is 18.5 Å². The Morgan fingerprint density at radius 1 is 1.11 bits per heavy atom. The van der Waals surface area contributed by atoms with Crippen LogP contribution in [0.5, 0.6) is 0 Å². The average molecular weight is 490 g/mol. The Hall–Kier alpha value is -4.11. The van der Waals surface area contributed by atoms with Crippen LogP contribution in [0.4, 0.5) is 10.8 Å². The number of carbonyl (C=O) groups excluding carboxylic acids is 4. The van der Waals surface area contributed by atoms with Crippen molar-refractivity contribution in [1.29, 1.82) is 0 Å². The number of amides is 3. The number of thiazole rings is 1. The van der Waals surface area contributed by atoms with Gasteiger partial charge in [-0.05, 0) is 42.3 Å². The van der Waals surface area contributed by atoms with Gasteiger partial charge in [-0.15, -0.1) is 17.9 Å². The lowest BCUT2D eigenvalue weighted by molar-refractivity contribution is -0.115. The number of benzene rings is 2. The van der Waals surface area contributed by atoms with Crippen LogP contribution in [0.25, 0.3) is 0 Å². The highest BCUT2D eigenvalue weighted by molar-refractivity contribution is 7.14. The van der Waals surface area contributed by atoms with E-state index in [-0.39, 0.29) is 35.7 Å². The molecule has 9 heteroatoms. The number of aryl methyl sites for hydroxylation is 1. The molecular formula is C26H23N3O5S. The molecule has 0 radical (unpaired) electrons. The second kappa shape index (κ2) is 10.0. The first kappa shape index (κ1) is 24.0. The largest absolute Gasteiger partial charge is 0.456 e. The molecule has 0 unspecified atom stereocenters. The first-order valence-electron chi connectivity index (χ1n) is 11.0. The lowest BCUT2D eigenvalue weighted by Crippen LogP contribution is -2.29. The van der Waals surface area contributed by atoms with Crippen LogP contribution in [0.15, 0.2) is 60.5 Å². The van der Waals surface area contributed by atoms with Crippen molar-refractivity contribution in [2.24, 2.45) is 0 Å². The summed E-state index contributed by atoms with van der Waals surface area (Å²) in [7, 11) is 0. The van der Waals surface area contributed by atoms with Gasteiger partial charge >= 0.3 is 5.97 Å². The van der Waals surface area contributed by atoms with E-state index in [4.69, 9.17) is 4.74 Å². The van der Waals surface area contributed by atoms with E-state index in [1.54, 1.807) is 5.38 Å².